The van der Waals surface area contributed by atoms with Crippen LogP contribution in [-0.2, 0) is 15.7 Å². The van der Waals surface area contributed by atoms with E-state index in [4.69, 9.17) is 4.74 Å². The summed E-state index contributed by atoms with van der Waals surface area (Å²) in [5.74, 6) is -1.19. The topological polar surface area (TPSA) is 109 Å². The van der Waals surface area contributed by atoms with Crippen molar-refractivity contribution in [3.63, 3.8) is 0 Å². The molecule has 0 aliphatic rings. The zero-order valence-corrected chi connectivity index (χ0v) is 18.3. The lowest BCUT2D eigenvalue weighted by molar-refractivity contribution is -0.137. The SMILES string of the molecule is CC(C)(C)OC(=O)NCCC(=O)NNC(=O)c1ccccc1Nc1ccc(C(F)(F)F)cc1. The molecule has 0 saturated carbocycles. The van der Waals surface area contributed by atoms with E-state index in [-0.39, 0.29) is 18.5 Å². The second-order valence-corrected chi connectivity index (χ2v) is 7.93. The molecule has 8 nitrogen and oxygen atoms in total. The fraction of sp³-hybridized carbons (Fsp3) is 0.318. The number of hydrazine groups is 1. The monoisotopic (exact) mass is 466 g/mol. The largest absolute Gasteiger partial charge is 0.444 e. The fourth-order valence-electron chi connectivity index (χ4n) is 2.54. The third kappa shape index (κ3) is 8.71. The molecule has 0 spiro atoms. The van der Waals surface area contributed by atoms with Crippen LogP contribution < -0.4 is 21.5 Å². The molecule has 2 rings (SSSR count). The summed E-state index contributed by atoms with van der Waals surface area (Å²) in [6.07, 6.45) is -5.22. The number of anilines is 2. The van der Waals surface area contributed by atoms with Gasteiger partial charge in [0.05, 0.1) is 16.8 Å². The summed E-state index contributed by atoms with van der Waals surface area (Å²) in [4.78, 5) is 35.9. The molecule has 0 atom stereocenters. The maximum Gasteiger partial charge on any atom is 0.416 e. The maximum atomic E-state index is 12.7. The Bertz CT molecular complexity index is 986. The van der Waals surface area contributed by atoms with Crippen molar-refractivity contribution >= 4 is 29.3 Å². The molecular formula is C22H25F3N4O4. The minimum atomic E-state index is -4.45. The van der Waals surface area contributed by atoms with Gasteiger partial charge in [-0.3, -0.25) is 20.4 Å². The van der Waals surface area contributed by atoms with Gasteiger partial charge in [0.25, 0.3) is 5.91 Å². The van der Waals surface area contributed by atoms with E-state index in [1.54, 1.807) is 39.0 Å². The number of carbonyl (C=O) groups is 3. The molecule has 3 amide bonds. The van der Waals surface area contributed by atoms with Crippen molar-refractivity contribution < 1.29 is 32.3 Å². The van der Waals surface area contributed by atoms with Crippen LogP contribution in [0.15, 0.2) is 48.5 Å². The number of hydrogen-bond acceptors (Lipinski definition) is 5. The first kappa shape index (κ1) is 25.5. The highest BCUT2D eigenvalue weighted by Crippen LogP contribution is 2.30. The van der Waals surface area contributed by atoms with Gasteiger partial charge >= 0.3 is 12.3 Å². The number of hydrogen-bond donors (Lipinski definition) is 4. The predicted molar refractivity (Wildman–Crippen MR) is 116 cm³/mol. The van der Waals surface area contributed by atoms with Gasteiger partial charge < -0.3 is 15.4 Å². The first-order valence-corrected chi connectivity index (χ1v) is 9.94. The molecule has 33 heavy (non-hydrogen) atoms. The molecular weight excluding hydrogens is 441 g/mol. The molecule has 0 radical (unpaired) electrons. The van der Waals surface area contributed by atoms with Crippen LogP contribution in [0.3, 0.4) is 0 Å². The zero-order valence-electron chi connectivity index (χ0n) is 18.3. The molecule has 0 aliphatic heterocycles. The van der Waals surface area contributed by atoms with Crippen LogP contribution >= 0.6 is 0 Å². The first-order chi connectivity index (χ1) is 15.3. The summed E-state index contributed by atoms with van der Waals surface area (Å²) in [5, 5.41) is 5.31. The summed E-state index contributed by atoms with van der Waals surface area (Å²) in [7, 11) is 0. The molecule has 0 aliphatic carbocycles. The van der Waals surface area contributed by atoms with E-state index in [0.717, 1.165) is 12.1 Å². The quantitative estimate of drug-likeness (QED) is 0.479. The van der Waals surface area contributed by atoms with Crippen molar-refractivity contribution in [2.24, 2.45) is 0 Å². The highest BCUT2D eigenvalue weighted by molar-refractivity contribution is 6.01. The van der Waals surface area contributed by atoms with E-state index in [1.165, 1.54) is 18.2 Å². The molecule has 0 aromatic heterocycles. The van der Waals surface area contributed by atoms with Crippen LogP contribution in [0.5, 0.6) is 0 Å². The minimum absolute atomic E-state index is 0.00266. The van der Waals surface area contributed by atoms with Crippen LogP contribution in [-0.4, -0.2) is 30.1 Å². The minimum Gasteiger partial charge on any atom is -0.444 e. The summed E-state index contributed by atoms with van der Waals surface area (Å²) in [6.45, 7) is 5.12. The lowest BCUT2D eigenvalue weighted by Gasteiger charge is -2.19. The van der Waals surface area contributed by atoms with Crippen molar-refractivity contribution in [2.45, 2.75) is 39.0 Å². The molecule has 4 N–H and O–H groups in total. The number of ether oxygens (including phenoxy) is 1. The summed E-state index contributed by atoms with van der Waals surface area (Å²) >= 11 is 0. The Morgan fingerprint density at radius 3 is 2.15 bits per heavy atom. The summed E-state index contributed by atoms with van der Waals surface area (Å²) in [5.41, 5.74) is 3.87. The lowest BCUT2D eigenvalue weighted by Crippen LogP contribution is -2.43. The Morgan fingerprint density at radius 1 is 0.909 bits per heavy atom. The standard InChI is InChI=1S/C22H25F3N4O4/c1-21(2,3)33-20(32)26-13-12-18(30)28-29-19(31)16-6-4-5-7-17(16)27-15-10-8-14(9-11-15)22(23,24)25/h4-11,27H,12-13H2,1-3H3,(H,26,32)(H,28,30)(H,29,31). The van der Waals surface area contributed by atoms with Crippen LogP contribution in [0.25, 0.3) is 0 Å². The number of benzene rings is 2. The fourth-order valence-corrected chi connectivity index (χ4v) is 2.54. The molecule has 0 unspecified atom stereocenters. The number of halogens is 3. The zero-order chi connectivity index (χ0) is 24.6. The van der Waals surface area contributed by atoms with Crippen LogP contribution in [0.1, 0.15) is 43.1 Å². The Morgan fingerprint density at radius 2 is 1.55 bits per heavy atom. The maximum absolute atomic E-state index is 12.7. The van der Waals surface area contributed by atoms with Gasteiger partial charge in [0.1, 0.15) is 5.60 Å². The Kier molecular flexibility index (Phi) is 8.27. The van der Waals surface area contributed by atoms with Crippen molar-refractivity contribution in [2.75, 3.05) is 11.9 Å². The average molecular weight is 466 g/mol. The van der Waals surface area contributed by atoms with E-state index < -0.39 is 35.2 Å². The Balaban J connectivity index is 1.89. The van der Waals surface area contributed by atoms with E-state index >= 15 is 0 Å². The van der Waals surface area contributed by atoms with E-state index in [9.17, 15) is 27.6 Å². The van der Waals surface area contributed by atoms with Gasteiger partial charge in [0.2, 0.25) is 5.91 Å². The van der Waals surface area contributed by atoms with Gasteiger partial charge in [-0.1, -0.05) is 12.1 Å². The molecule has 2 aromatic rings. The van der Waals surface area contributed by atoms with E-state index in [0.29, 0.717) is 11.4 Å². The smallest absolute Gasteiger partial charge is 0.416 e. The number of carbonyl (C=O) groups excluding carboxylic acids is 3. The lowest BCUT2D eigenvalue weighted by atomic mass is 10.1. The number of rotatable bonds is 6. The molecule has 11 heteroatoms. The summed E-state index contributed by atoms with van der Waals surface area (Å²) in [6, 6.07) is 10.6. The van der Waals surface area contributed by atoms with Crippen LogP contribution in [0.4, 0.5) is 29.3 Å². The molecule has 0 saturated heterocycles. The van der Waals surface area contributed by atoms with Crippen molar-refractivity contribution in [1.82, 2.24) is 16.2 Å². The Labute approximate surface area is 188 Å². The number of alkyl carbamates (subject to hydrolysis) is 1. The van der Waals surface area contributed by atoms with E-state index in [1.807, 2.05) is 0 Å². The Hall–Kier alpha value is -3.76. The number of nitrogens with one attached hydrogen (secondary N) is 4. The second-order valence-electron chi connectivity index (χ2n) is 7.93. The molecule has 0 bridgehead atoms. The molecule has 178 valence electrons. The molecule has 0 fully saturated rings. The van der Waals surface area contributed by atoms with Gasteiger partial charge in [0.15, 0.2) is 0 Å². The van der Waals surface area contributed by atoms with Crippen LogP contribution in [0.2, 0.25) is 0 Å². The normalized spacial score (nSPS) is 11.3. The van der Waals surface area contributed by atoms with E-state index in [2.05, 4.69) is 21.5 Å². The third-order valence-electron chi connectivity index (χ3n) is 4.00. The van der Waals surface area contributed by atoms with Gasteiger partial charge in [-0.2, -0.15) is 13.2 Å². The molecule has 0 heterocycles. The highest BCUT2D eigenvalue weighted by atomic mass is 19.4. The average Bonchev–Trinajstić information content (AvgIpc) is 2.71. The summed E-state index contributed by atoms with van der Waals surface area (Å²) < 4.78 is 43.2. The van der Waals surface area contributed by atoms with Crippen molar-refractivity contribution in [3.8, 4) is 0 Å². The highest BCUT2D eigenvalue weighted by Gasteiger charge is 2.30. The van der Waals surface area contributed by atoms with Gasteiger partial charge in [-0.15, -0.1) is 0 Å². The number of para-hydroxylation sites is 1. The predicted octanol–water partition coefficient (Wildman–Crippen LogP) is 4.12. The van der Waals surface area contributed by atoms with Gasteiger partial charge in [-0.25, -0.2) is 4.79 Å². The van der Waals surface area contributed by atoms with Crippen molar-refractivity contribution in [1.29, 1.82) is 0 Å². The first-order valence-electron chi connectivity index (χ1n) is 9.94. The second kappa shape index (κ2) is 10.7. The van der Waals surface area contributed by atoms with Gasteiger partial charge in [-0.05, 0) is 57.2 Å². The number of amides is 3. The van der Waals surface area contributed by atoms with Crippen LogP contribution in [0, 0.1) is 0 Å². The molecule has 2 aromatic carbocycles. The third-order valence-corrected chi connectivity index (χ3v) is 4.00. The van der Waals surface area contributed by atoms with Crippen molar-refractivity contribution in [3.05, 3.63) is 59.7 Å². The van der Waals surface area contributed by atoms with Gasteiger partial charge in [0, 0.05) is 18.7 Å². The number of alkyl halides is 3.